The van der Waals surface area contributed by atoms with Crippen LogP contribution in [0.25, 0.3) is 0 Å². The number of aliphatic carboxylic acids is 1. The number of carboxylic acids is 2. The van der Waals surface area contributed by atoms with E-state index in [0.29, 0.717) is 22.6 Å². The maximum Gasteiger partial charge on any atom is 0.346 e. The zero-order chi connectivity index (χ0) is 16.8. The highest BCUT2D eigenvalue weighted by Crippen LogP contribution is 2.24. The molecule has 1 aromatic carbocycles. The number of hydrogen-bond acceptors (Lipinski definition) is 4. The Morgan fingerprint density at radius 3 is 2.48 bits per heavy atom. The van der Waals surface area contributed by atoms with Crippen LogP contribution in [0, 0.1) is 0 Å². The van der Waals surface area contributed by atoms with Crippen LogP contribution in [-0.2, 0) is 11.4 Å². The molecule has 1 aromatic heterocycles. The highest BCUT2D eigenvalue weighted by atomic mass is 32.1. The number of ether oxygens (including phenoxy) is 1. The molecule has 0 fully saturated rings. The van der Waals surface area contributed by atoms with E-state index in [-0.39, 0.29) is 18.9 Å². The van der Waals surface area contributed by atoms with Crippen molar-refractivity contribution in [1.29, 1.82) is 0 Å². The van der Waals surface area contributed by atoms with Gasteiger partial charge in [-0.15, -0.1) is 11.3 Å². The molecule has 1 unspecified atom stereocenters. The van der Waals surface area contributed by atoms with Crippen LogP contribution in [0.4, 0.5) is 0 Å². The maximum atomic E-state index is 11.0. The summed E-state index contributed by atoms with van der Waals surface area (Å²) in [6.07, 6.45) is 0.738. The van der Waals surface area contributed by atoms with Crippen LogP contribution in [0.5, 0.6) is 5.75 Å². The number of rotatable bonds is 8. The lowest BCUT2D eigenvalue weighted by Crippen LogP contribution is -2.02. The van der Waals surface area contributed by atoms with Gasteiger partial charge in [-0.3, -0.25) is 4.79 Å². The van der Waals surface area contributed by atoms with Crippen molar-refractivity contribution in [3.63, 3.8) is 0 Å². The highest BCUT2D eigenvalue weighted by molar-refractivity contribution is 7.12. The normalized spacial score (nSPS) is 11.9. The molecule has 23 heavy (non-hydrogen) atoms. The van der Waals surface area contributed by atoms with Gasteiger partial charge in [-0.25, -0.2) is 4.79 Å². The smallest absolute Gasteiger partial charge is 0.346 e. The molecule has 0 aliphatic rings. The Kier molecular flexibility index (Phi) is 5.76. The first kappa shape index (κ1) is 17.0. The van der Waals surface area contributed by atoms with Crippen molar-refractivity contribution in [1.82, 2.24) is 0 Å². The number of thiophene rings is 1. The molecule has 122 valence electrons. The number of hydrogen-bond donors (Lipinski definition) is 2. The van der Waals surface area contributed by atoms with Crippen LogP contribution in [0.15, 0.2) is 35.7 Å². The van der Waals surface area contributed by atoms with Crippen molar-refractivity contribution >= 4 is 23.3 Å². The molecule has 0 aliphatic heterocycles. The minimum absolute atomic E-state index is 0.148. The van der Waals surface area contributed by atoms with Crippen LogP contribution < -0.4 is 4.74 Å². The van der Waals surface area contributed by atoms with Crippen LogP contribution in [0.2, 0.25) is 0 Å². The Morgan fingerprint density at radius 1 is 1.17 bits per heavy atom. The highest BCUT2D eigenvalue weighted by Gasteiger charge is 2.12. The first-order valence-electron chi connectivity index (χ1n) is 7.21. The van der Waals surface area contributed by atoms with Gasteiger partial charge in [-0.2, -0.15) is 0 Å². The van der Waals surface area contributed by atoms with Crippen molar-refractivity contribution in [2.24, 2.45) is 0 Å². The van der Waals surface area contributed by atoms with E-state index in [9.17, 15) is 9.59 Å². The molecule has 2 N–H and O–H groups in total. The zero-order valence-corrected chi connectivity index (χ0v) is 13.5. The second-order valence-corrected chi connectivity index (χ2v) is 6.19. The van der Waals surface area contributed by atoms with Gasteiger partial charge in [0.1, 0.15) is 17.2 Å². The van der Waals surface area contributed by atoms with Crippen LogP contribution in [-0.4, -0.2) is 22.2 Å². The fraction of sp³-hybridized carbons (Fsp3) is 0.294. The third-order valence-electron chi connectivity index (χ3n) is 3.58. The van der Waals surface area contributed by atoms with Crippen molar-refractivity contribution in [2.75, 3.05) is 0 Å². The quantitative estimate of drug-likeness (QED) is 0.762. The van der Waals surface area contributed by atoms with Crippen LogP contribution in [0.3, 0.4) is 0 Å². The van der Waals surface area contributed by atoms with E-state index in [1.165, 1.54) is 11.3 Å². The van der Waals surface area contributed by atoms with Gasteiger partial charge in [0.05, 0.1) is 0 Å². The van der Waals surface area contributed by atoms with Gasteiger partial charge in [0, 0.05) is 12.0 Å². The topological polar surface area (TPSA) is 83.8 Å². The van der Waals surface area contributed by atoms with Crippen molar-refractivity contribution in [3.05, 3.63) is 51.7 Å². The molecule has 2 rings (SSSR count). The summed E-state index contributed by atoms with van der Waals surface area (Å²) in [7, 11) is 0. The van der Waals surface area contributed by atoms with Crippen LogP contribution in [0.1, 0.15) is 46.5 Å². The molecule has 2 aromatic rings. The summed E-state index contributed by atoms with van der Waals surface area (Å²) in [6.45, 7) is 2.20. The van der Waals surface area contributed by atoms with Crippen LogP contribution >= 0.6 is 11.3 Å². The van der Waals surface area contributed by atoms with E-state index < -0.39 is 11.9 Å². The maximum absolute atomic E-state index is 11.0. The largest absolute Gasteiger partial charge is 0.489 e. The molecular weight excluding hydrogens is 316 g/mol. The second kappa shape index (κ2) is 7.78. The minimum Gasteiger partial charge on any atom is -0.489 e. The molecule has 0 saturated carbocycles. The number of aromatic carboxylic acids is 1. The third kappa shape index (κ3) is 4.82. The van der Waals surface area contributed by atoms with Gasteiger partial charge < -0.3 is 14.9 Å². The summed E-state index contributed by atoms with van der Waals surface area (Å²) in [4.78, 5) is 21.9. The summed E-state index contributed by atoms with van der Waals surface area (Å²) in [5.41, 5.74) is 1.71. The first-order chi connectivity index (χ1) is 11.0. The molecule has 5 nitrogen and oxygen atoms in total. The Labute approximate surface area is 138 Å². The lowest BCUT2D eigenvalue weighted by molar-refractivity contribution is -0.137. The average molecular weight is 334 g/mol. The van der Waals surface area contributed by atoms with Gasteiger partial charge >= 0.3 is 11.9 Å². The summed E-state index contributed by atoms with van der Waals surface area (Å²) in [5.74, 6) is -0.916. The molecule has 0 amide bonds. The van der Waals surface area contributed by atoms with E-state index in [1.807, 2.05) is 31.2 Å². The first-order valence-corrected chi connectivity index (χ1v) is 8.09. The number of carbonyl (C=O) groups is 2. The van der Waals surface area contributed by atoms with E-state index in [2.05, 4.69) is 0 Å². The molecule has 0 bridgehead atoms. The van der Waals surface area contributed by atoms with Crippen molar-refractivity contribution in [2.45, 2.75) is 32.3 Å². The molecular formula is C17H18O5S. The average Bonchev–Trinajstić information content (AvgIpc) is 3.00. The van der Waals surface area contributed by atoms with E-state index in [1.54, 1.807) is 11.4 Å². The molecule has 0 saturated heterocycles. The monoisotopic (exact) mass is 334 g/mol. The predicted octanol–water partition coefficient (Wildman–Crippen LogP) is 3.99. The summed E-state index contributed by atoms with van der Waals surface area (Å²) in [6, 6.07) is 9.20. The van der Waals surface area contributed by atoms with E-state index in [4.69, 9.17) is 14.9 Å². The van der Waals surface area contributed by atoms with E-state index in [0.717, 1.165) is 5.56 Å². The SMILES string of the molecule is CC(CCC(=O)O)c1ccc(OCc2ccsc2C(=O)O)cc1. The molecule has 1 heterocycles. The number of carboxylic acid groups (broad SMARTS) is 2. The molecule has 6 heteroatoms. The third-order valence-corrected chi connectivity index (χ3v) is 4.52. The standard InChI is InChI=1S/C17H18O5S/c1-11(2-7-15(18)19)12-3-5-14(6-4-12)22-10-13-8-9-23-16(13)17(20)21/h3-6,8-9,11H,2,7,10H2,1H3,(H,18,19)(H,20,21). The van der Waals surface area contributed by atoms with Gasteiger partial charge in [0.2, 0.25) is 0 Å². The van der Waals surface area contributed by atoms with Crippen molar-refractivity contribution < 1.29 is 24.5 Å². The predicted molar refractivity (Wildman–Crippen MR) is 87.3 cm³/mol. The fourth-order valence-electron chi connectivity index (χ4n) is 2.20. The second-order valence-electron chi connectivity index (χ2n) is 5.27. The lowest BCUT2D eigenvalue weighted by Gasteiger charge is -2.12. The van der Waals surface area contributed by atoms with Crippen molar-refractivity contribution in [3.8, 4) is 5.75 Å². The Bertz CT molecular complexity index is 675. The molecule has 1 atom stereocenters. The summed E-state index contributed by atoms with van der Waals surface area (Å²) < 4.78 is 5.62. The molecule has 0 spiro atoms. The van der Waals surface area contributed by atoms with Gasteiger partial charge in [-0.05, 0) is 41.5 Å². The molecule has 0 radical (unpaired) electrons. The Morgan fingerprint density at radius 2 is 1.87 bits per heavy atom. The fourth-order valence-corrected chi connectivity index (χ4v) is 2.94. The lowest BCUT2D eigenvalue weighted by atomic mass is 9.96. The summed E-state index contributed by atoms with van der Waals surface area (Å²) in [5, 5.41) is 19.5. The summed E-state index contributed by atoms with van der Waals surface area (Å²) >= 11 is 1.18. The van der Waals surface area contributed by atoms with Gasteiger partial charge in [0.15, 0.2) is 0 Å². The van der Waals surface area contributed by atoms with Gasteiger partial charge in [-0.1, -0.05) is 19.1 Å². The zero-order valence-electron chi connectivity index (χ0n) is 12.7. The number of benzene rings is 1. The Hall–Kier alpha value is -2.34. The molecule has 0 aliphatic carbocycles. The minimum atomic E-state index is -0.943. The van der Waals surface area contributed by atoms with Gasteiger partial charge in [0.25, 0.3) is 0 Å². The Balaban J connectivity index is 1.93. The van der Waals surface area contributed by atoms with E-state index >= 15 is 0 Å².